The van der Waals surface area contributed by atoms with Crippen molar-refractivity contribution in [2.45, 2.75) is 0 Å². The third-order valence-electron chi connectivity index (χ3n) is 11.6. The molecule has 0 amide bonds. The van der Waals surface area contributed by atoms with Gasteiger partial charge in [0.25, 0.3) is 0 Å². The van der Waals surface area contributed by atoms with Crippen LogP contribution in [0.15, 0.2) is 209 Å². The van der Waals surface area contributed by atoms with Crippen LogP contribution in [0, 0.1) is 0 Å². The van der Waals surface area contributed by atoms with Gasteiger partial charge in [0.05, 0.1) is 16.8 Å². The van der Waals surface area contributed by atoms with Gasteiger partial charge in [0.15, 0.2) is 5.58 Å². The van der Waals surface area contributed by atoms with Crippen LogP contribution in [0.1, 0.15) is 0 Å². The Morgan fingerprint density at radius 1 is 0.316 bits per heavy atom. The highest BCUT2D eigenvalue weighted by Crippen LogP contribution is 2.50. The molecular weight excluding hydrogens is 695 g/mol. The highest BCUT2D eigenvalue weighted by molar-refractivity contribution is 6.21. The normalized spacial score (nSPS) is 11.9. The maximum Gasteiger partial charge on any atom is 0.159 e. The van der Waals surface area contributed by atoms with Gasteiger partial charge in [0, 0.05) is 33.0 Å². The summed E-state index contributed by atoms with van der Waals surface area (Å²) in [7, 11) is 0. The molecule has 57 heavy (non-hydrogen) atoms. The molecule has 0 fully saturated rings. The van der Waals surface area contributed by atoms with Gasteiger partial charge in [-0.05, 0) is 79.8 Å². The average Bonchev–Trinajstić information content (AvgIpc) is 3.87. The molecule has 0 aliphatic carbocycles. The van der Waals surface area contributed by atoms with E-state index in [1.54, 1.807) is 0 Å². The number of furan rings is 2. The topological polar surface area (TPSA) is 29.5 Å². The van der Waals surface area contributed by atoms with E-state index < -0.39 is 0 Å². The van der Waals surface area contributed by atoms with E-state index >= 15 is 0 Å². The summed E-state index contributed by atoms with van der Waals surface area (Å²) in [4.78, 5) is 2.38. The highest BCUT2D eigenvalue weighted by Gasteiger charge is 2.26. The first-order valence-electron chi connectivity index (χ1n) is 19.4. The molecule has 0 N–H and O–H groups in total. The van der Waals surface area contributed by atoms with Crippen molar-refractivity contribution in [2.24, 2.45) is 0 Å². The van der Waals surface area contributed by atoms with Crippen LogP contribution in [-0.4, -0.2) is 0 Å². The number of benzene rings is 10. The fourth-order valence-corrected chi connectivity index (χ4v) is 9.03. The van der Waals surface area contributed by atoms with Gasteiger partial charge in [-0.3, -0.25) is 0 Å². The highest BCUT2D eigenvalue weighted by atomic mass is 16.3. The molecule has 0 spiro atoms. The molecule has 0 unspecified atom stereocenters. The minimum atomic E-state index is 0.827. The quantitative estimate of drug-likeness (QED) is 0.165. The van der Waals surface area contributed by atoms with Crippen molar-refractivity contribution in [1.29, 1.82) is 0 Å². The SMILES string of the molecule is c1ccc(-c2cccc3c2oc2c(N(c4ccc5ccc6ccccc6c5c4)c4ccc(-c5cccc6ccccc56)c5oc6ccccc6c45)cccc23)cc1. The van der Waals surface area contributed by atoms with Gasteiger partial charge in [-0.1, -0.05) is 164 Å². The predicted octanol–water partition coefficient (Wildman–Crippen LogP) is 15.7. The molecule has 2 heterocycles. The van der Waals surface area contributed by atoms with Crippen molar-refractivity contribution in [2.75, 3.05) is 4.90 Å². The van der Waals surface area contributed by atoms with Crippen molar-refractivity contribution in [1.82, 2.24) is 0 Å². The van der Waals surface area contributed by atoms with Gasteiger partial charge < -0.3 is 13.7 Å². The molecule has 266 valence electrons. The number of nitrogens with zero attached hydrogens (tertiary/aromatic N) is 1. The first kappa shape index (κ1) is 31.7. The van der Waals surface area contributed by atoms with Crippen LogP contribution in [0.5, 0.6) is 0 Å². The van der Waals surface area contributed by atoms with E-state index in [9.17, 15) is 0 Å². The summed E-state index contributed by atoms with van der Waals surface area (Å²) in [5.74, 6) is 0. The van der Waals surface area contributed by atoms with Gasteiger partial charge in [0.2, 0.25) is 0 Å². The zero-order valence-corrected chi connectivity index (χ0v) is 30.8. The first-order chi connectivity index (χ1) is 28.3. The number of para-hydroxylation sites is 3. The van der Waals surface area contributed by atoms with Crippen LogP contribution in [0.3, 0.4) is 0 Å². The summed E-state index contributed by atoms with van der Waals surface area (Å²) in [6, 6.07) is 71.3. The molecule has 0 radical (unpaired) electrons. The molecule has 0 saturated carbocycles. The summed E-state index contributed by atoms with van der Waals surface area (Å²) in [6.07, 6.45) is 0. The second-order valence-corrected chi connectivity index (χ2v) is 14.8. The second kappa shape index (κ2) is 12.5. The van der Waals surface area contributed by atoms with Crippen molar-refractivity contribution in [3.8, 4) is 22.3 Å². The molecule has 12 rings (SSSR count). The van der Waals surface area contributed by atoms with Crippen LogP contribution in [0.25, 0.3) is 98.4 Å². The van der Waals surface area contributed by atoms with E-state index in [4.69, 9.17) is 8.83 Å². The molecule has 3 nitrogen and oxygen atoms in total. The lowest BCUT2D eigenvalue weighted by atomic mass is 9.95. The summed E-state index contributed by atoms with van der Waals surface area (Å²) in [6.45, 7) is 0. The minimum absolute atomic E-state index is 0.827. The maximum atomic E-state index is 7.11. The Balaban J connectivity index is 1.19. The van der Waals surface area contributed by atoms with E-state index in [1.165, 1.54) is 32.3 Å². The molecule has 0 aliphatic heterocycles. The van der Waals surface area contributed by atoms with E-state index in [1.807, 2.05) is 6.07 Å². The van der Waals surface area contributed by atoms with Crippen LogP contribution >= 0.6 is 0 Å². The minimum Gasteiger partial charge on any atom is -0.455 e. The second-order valence-electron chi connectivity index (χ2n) is 14.8. The van der Waals surface area contributed by atoms with Crippen molar-refractivity contribution in [3.05, 3.63) is 200 Å². The number of anilines is 3. The molecule has 10 aromatic carbocycles. The Morgan fingerprint density at radius 2 is 0.930 bits per heavy atom. The predicted molar refractivity (Wildman–Crippen MR) is 239 cm³/mol. The van der Waals surface area contributed by atoms with E-state index in [2.05, 4.69) is 199 Å². The van der Waals surface area contributed by atoms with E-state index in [0.717, 1.165) is 83.2 Å². The van der Waals surface area contributed by atoms with E-state index in [0.29, 0.717) is 0 Å². The molecule has 0 saturated heterocycles. The molecule has 12 aromatic rings. The van der Waals surface area contributed by atoms with Crippen LogP contribution < -0.4 is 4.90 Å². The van der Waals surface area contributed by atoms with Gasteiger partial charge in [-0.2, -0.15) is 0 Å². The Hall–Kier alpha value is -7.62. The lowest BCUT2D eigenvalue weighted by Crippen LogP contribution is -2.11. The number of fused-ring (bicyclic) bond motifs is 10. The lowest BCUT2D eigenvalue weighted by Gasteiger charge is -2.27. The molecular formula is C54H33NO2. The zero-order valence-electron chi connectivity index (χ0n) is 30.8. The van der Waals surface area contributed by atoms with Crippen molar-refractivity contribution >= 4 is 93.3 Å². The average molecular weight is 728 g/mol. The standard InChI is InChI=1S/C54H33NO2/c1-2-13-35(14-3-1)41-21-11-23-43-44-24-12-25-49(53(44)57-52(41)43)55(38-30-29-37-28-27-36-16-5-7-19-40(36)47(37)33-38)48-32-31-45(42-22-10-17-34-15-4-6-18-39(34)42)54-51(48)46-20-8-9-26-50(46)56-54/h1-33H. The third kappa shape index (κ3) is 4.86. The molecule has 0 aliphatic rings. The Morgan fingerprint density at radius 3 is 1.79 bits per heavy atom. The largest absolute Gasteiger partial charge is 0.455 e. The Labute approximate surface area is 328 Å². The Bertz CT molecular complexity index is 3530. The van der Waals surface area contributed by atoms with Crippen LogP contribution in [0.4, 0.5) is 17.1 Å². The first-order valence-corrected chi connectivity index (χ1v) is 19.4. The van der Waals surface area contributed by atoms with Gasteiger partial charge >= 0.3 is 0 Å². The fraction of sp³-hybridized carbons (Fsp3) is 0. The summed E-state index contributed by atoms with van der Waals surface area (Å²) in [5.41, 5.74) is 10.8. The lowest BCUT2D eigenvalue weighted by molar-refractivity contribution is 0.669. The van der Waals surface area contributed by atoms with Gasteiger partial charge in [-0.25, -0.2) is 0 Å². The van der Waals surface area contributed by atoms with E-state index in [-0.39, 0.29) is 0 Å². The van der Waals surface area contributed by atoms with Crippen molar-refractivity contribution in [3.63, 3.8) is 0 Å². The smallest absolute Gasteiger partial charge is 0.159 e. The summed E-state index contributed by atoms with van der Waals surface area (Å²) in [5, 5.41) is 11.5. The number of hydrogen-bond acceptors (Lipinski definition) is 3. The summed E-state index contributed by atoms with van der Waals surface area (Å²) < 4.78 is 14.0. The third-order valence-corrected chi connectivity index (χ3v) is 11.6. The molecule has 3 heteroatoms. The van der Waals surface area contributed by atoms with Crippen LogP contribution in [-0.2, 0) is 0 Å². The monoisotopic (exact) mass is 727 g/mol. The van der Waals surface area contributed by atoms with Crippen molar-refractivity contribution < 1.29 is 8.83 Å². The van der Waals surface area contributed by atoms with Crippen LogP contribution in [0.2, 0.25) is 0 Å². The zero-order chi connectivity index (χ0) is 37.5. The molecule has 2 aromatic heterocycles. The number of hydrogen-bond donors (Lipinski definition) is 0. The van der Waals surface area contributed by atoms with Gasteiger partial charge in [0.1, 0.15) is 16.7 Å². The molecule has 0 atom stereocenters. The van der Waals surface area contributed by atoms with Gasteiger partial charge in [-0.15, -0.1) is 0 Å². The fourth-order valence-electron chi connectivity index (χ4n) is 9.03. The summed E-state index contributed by atoms with van der Waals surface area (Å²) >= 11 is 0. The Kier molecular flexibility index (Phi) is 6.93. The number of rotatable bonds is 5. The molecule has 0 bridgehead atoms. The maximum absolute atomic E-state index is 7.11.